The predicted molar refractivity (Wildman–Crippen MR) is 65.5 cm³/mol. The molecule has 1 aliphatic heterocycles. The van der Waals surface area contributed by atoms with Gasteiger partial charge in [0.05, 0.1) is 33.0 Å². The van der Waals surface area contributed by atoms with Crippen molar-refractivity contribution in [3.8, 4) is 0 Å². The van der Waals surface area contributed by atoms with Crippen LogP contribution in [0.1, 0.15) is 12.8 Å². The third-order valence-electron chi connectivity index (χ3n) is 2.62. The summed E-state index contributed by atoms with van der Waals surface area (Å²) in [4.78, 5) is 11.5. The van der Waals surface area contributed by atoms with Crippen molar-refractivity contribution in [2.75, 3.05) is 53.3 Å². The van der Waals surface area contributed by atoms with Crippen molar-refractivity contribution in [1.29, 1.82) is 0 Å². The maximum Gasteiger partial charge on any atom is 0.323 e. The molecule has 0 unspecified atom stereocenters. The van der Waals surface area contributed by atoms with E-state index in [2.05, 4.69) is 5.32 Å². The Labute approximate surface area is 108 Å². The van der Waals surface area contributed by atoms with E-state index in [1.807, 2.05) is 0 Å². The summed E-state index contributed by atoms with van der Waals surface area (Å²) in [6, 6.07) is -0.123. The molecule has 1 heterocycles. The fourth-order valence-corrected chi connectivity index (χ4v) is 1.65. The van der Waals surface area contributed by atoms with Crippen LogP contribution in [0.2, 0.25) is 0 Å². The number of ether oxygens (including phenoxy) is 4. The highest BCUT2D eigenvalue weighted by Crippen LogP contribution is 2.06. The van der Waals surface area contributed by atoms with E-state index < -0.39 is 0 Å². The van der Waals surface area contributed by atoms with Crippen LogP contribution >= 0.6 is 0 Å². The average molecular weight is 261 g/mol. The van der Waals surface area contributed by atoms with E-state index in [1.165, 1.54) is 0 Å². The molecule has 1 N–H and O–H groups in total. The normalized spacial score (nSPS) is 19.1. The second-order valence-electron chi connectivity index (χ2n) is 4.03. The first-order chi connectivity index (χ1) is 8.84. The van der Waals surface area contributed by atoms with E-state index in [0.29, 0.717) is 39.6 Å². The van der Waals surface area contributed by atoms with Crippen LogP contribution in [0.25, 0.3) is 0 Å². The standard InChI is InChI=1S/C12H23NO5/c1-15-5-6-16-7-8-17-9-10-18-12(14)11-3-2-4-13-11/h11,13H,2-10H2,1H3/t11-/m1/s1. The monoisotopic (exact) mass is 261 g/mol. The highest BCUT2D eigenvalue weighted by Gasteiger charge is 2.22. The van der Waals surface area contributed by atoms with E-state index in [1.54, 1.807) is 7.11 Å². The van der Waals surface area contributed by atoms with Gasteiger partial charge in [-0.3, -0.25) is 4.79 Å². The summed E-state index contributed by atoms with van der Waals surface area (Å²) in [5.74, 6) is -0.174. The first-order valence-electron chi connectivity index (χ1n) is 6.39. The molecule has 1 atom stereocenters. The molecule has 0 radical (unpaired) electrons. The zero-order chi connectivity index (χ0) is 13.1. The summed E-state index contributed by atoms with van der Waals surface area (Å²) in [7, 11) is 1.63. The molecular weight excluding hydrogens is 238 g/mol. The molecule has 1 aliphatic rings. The van der Waals surface area contributed by atoms with E-state index in [4.69, 9.17) is 18.9 Å². The van der Waals surface area contributed by atoms with Crippen molar-refractivity contribution in [3.63, 3.8) is 0 Å². The first kappa shape index (κ1) is 15.4. The molecule has 1 fully saturated rings. The smallest absolute Gasteiger partial charge is 0.323 e. The summed E-state index contributed by atoms with van der Waals surface area (Å²) in [5, 5.41) is 3.09. The van der Waals surface area contributed by atoms with Crippen LogP contribution in [0, 0.1) is 0 Å². The molecule has 0 amide bonds. The van der Waals surface area contributed by atoms with Gasteiger partial charge in [0.1, 0.15) is 12.6 Å². The SMILES string of the molecule is COCCOCCOCCOC(=O)[C@H]1CCCN1. The number of hydrogen-bond donors (Lipinski definition) is 1. The summed E-state index contributed by atoms with van der Waals surface area (Å²) in [6.07, 6.45) is 1.90. The molecule has 0 aliphatic carbocycles. The minimum Gasteiger partial charge on any atom is -0.462 e. The van der Waals surface area contributed by atoms with Crippen molar-refractivity contribution >= 4 is 5.97 Å². The van der Waals surface area contributed by atoms with Crippen molar-refractivity contribution in [3.05, 3.63) is 0 Å². The summed E-state index contributed by atoms with van der Waals surface area (Å²) in [5.41, 5.74) is 0. The molecule has 0 aromatic carbocycles. The molecule has 6 heteroatoms. The average Bonchev–Trinajstić information content (AvgIpc) is 2.90. The molecule has 0 aromatic heterocycles. The second-order valence-corrected chi connectivity index (χ2v) is 4.03. The zero-order valence-electron chi connectivity index (χ0n) is 11.0. The largest absolute Gasteiger partial charge is 0.462 e. The van der Waals surface area contributed by atoms with Gasteiger partial charge < -0.3 is 24.3 Å². The van der Waals surface area contributed by atoms with Gasteiger partial charge in [0.2, 0.25) is 0 Å². The highest BCUT2D eigenvalue weighted by atomic mass is 16.6. The fourth-order valence-electron chi connectivity index (χ4n) is 1.65. The van der Waals surface area contributed by atoms with Crippen molar-refractivity contribution < 1.29 is 23.7 Å². The van der Waals surface area contributed by atoms with Gasteiger partial charge in [-0.15, -0.1) is 0 Å². The topological polar surface area (TPSA) is 66.0 Å². The lowest BCUT2D eigenvalue weighted by molar-refractivity contribution is -0.147. The molecule has 0 aromatic rings. The zero-order valence-corrected chi connectivity index (χ0v) is 11.0. The van der Waals surface area contributed by atoms with Gasteiger partial charge in [0, 0.05) is 7.11 Å². The number of esters is 1. The van der Waals surface area contributed by atoms with Crippen LogP contribution in [0.15, 0.2) is 0 Å². The maximum atomic E-state index is 11.5. The molecular formula is C12H23NO5. The van der Waals surface area contributed by atoms with Gasteiger partial charge in [0.15, 0.2) is 0 Å². The van der Waals surface area contributed by atoms with Gasteiger partial charge in [-0.2, -0.15) is 0 Å². The van der Waals surface area contributed by atoms with Gasteiger partial charge in [0.25, 0.3) is 0 Å². The number of carbonyl (C=O) groups excluding carboxylic acids is 1. The Bertz CT molecular complexity index is 219. The van der Waals surface area contributed by atoms with Crippen LogP contribution in [0.3, 0.4) is 0 Å². The quantitative estimate of drug-likeness (QED) is 0.440. The number of rotatable bonds is 10. The molecule has 0 spiro atoms. The third-order valence-corrected chi connectivity index (χ3v) is 2.62. The number of hydrogen-bond acceptors (Lipinski definition) is 6. The number of carbonyl (C=O) groups is 1. The van der Waals surface area contributed by atoms with Crippen molar-refractivity contribution in [2.45, 2.75) is 18.9 Å². The van der Waals surface area contributed by atoms with Crippen molar-refractivity contribution in [2.24, 2.45) is 0 Å². The Morgan fingerprint density at radius 1 is 1.11 bits per heavy atom. The van der Waals surface area contributed by atoms with Gasteiger partial charge in [-0.25, -0.2) is 0 Å². The third kappa shape index (κ3) is 6.90. The van der Waals surface area contributed by atoms with E-state index in [9.17, 15) is 4.79 Å². The van der Waals surface area contributed by atoms with Crippen LogP contribution in [-0.4, -0.2) is 65.3 Å². The minimum absolute atomic E-state index is 0.123. The van der Waals surface area contributed by atoms with E-state index >= 15 is 0 Å². The molecule has 0 saturated carbocycles. The van der Waals surface area contributed by atoms with Crippen LogP contribution in [0.5, 0.6) is 0 Å². The number of nitrogens with one attached hydrogen (secondary N) is 1. The summed E-state index contributed by atoms with van der Waals surface area (Å²) in [6.45, 7) is 3.80. The fraction of sp³-hybridized carbons (Fsp3) is 0.917. The van der Waals surface area contributed by atoms with Crippen LogP contribution < -0.4 is 5.32 Å². The van der Waals surface area contributed by atoms with E-state index in [0.717, 1.165) is 19.4 Å². The lowest BCUT2D eigenvalue weighted by Crippen LogP contribution is -2.33. The van der Waals surface area contributed by atoms with Crippen LogP contribution in [-0.2, 0) is 23.7 Å². The maximum absolute atomic E-state index is 11.5. The Kier molecular flexibility index (Phi) is 8.75. The van der Waals surface area contributed by atoms with Crippen LogP contribution in [0.4, 0.5) is 0 Å². The van der Waals surface area contributed by atoms with Gasteiger partial charge in [-0.05, 0) is 19.4 Å². The molecule has 106 valence electrons. The van der Waals surface area contributed by atoms with E-state index in [-0.39, 0.29) is 12.0 Å². The predicted octanol–water partition coefficient (Wildman–Crippen LogP) is -0.0388. The Hall–Kier alpha value is -0.690. The Balaban J connectivity index is 1.82. The van der Waals surface area contributed by atoms with Gasteiger partial charge >= 0.3 is 5.97 Å². The summed E-state index contributed by atoms with van der Waals surface area (Å²) >= 11 is 0. The molecule has 1 saturated heterocycles. The lowest BCUT2D eigenvalue weighted by Gasteiger charge is -2.10. The molecule has 18 heavy (non-hydrogen) atoms. The summed E-state index contributed by atoms with van der Waals surface area (Å²) < 4.78 is 20.4. The Morgan fingerprint density at radius 2 is 1.78 bits per heavy atom. The molecule has 6 nitrogen and oxygen atoms in total. The molecule has 0 bridgehead atoms. The first-order valence-corrected chi connectivity index (χ1v) is 6.39. The number of methoxy groups -OCH3 is 1. The van der Waals surface area contributed by atoms with Crippen molar-refractivity contribution in [1.82, 2.24) is 5.32 Å². The molecule has 1 rings (SSSR count). The van der Waals surface area contributed by atoms with Gasteiger partial charge in [-0.1, -0.05) is 0 Å². The minimum atomic E-state index is -0.174. The Morgan fingerprint density at radius 3 is 2.39 bits per heavy atom. The second kappa shape index (κ2) is 10.3. The highest BCUT2D eigenvalue weighted by molar-refractivity contribution is 5.76. The lowest BCUT2D eigenvalue weighted by atomic mass is 10.2.